The zero-order valence-electron chi connectivity index (χ0n) is 16.0. The van der Waals surface area contributed by atoms with Gasteiger partial charge in [-0.05, 0) is 45.4 Å². The second kappa shape index (κ2) is 8.43. The van der Waals surface area contributed by atoms with Gasteiger partial charge in [-0.15, -0.1) is 0 Å². The van der Waals surface area contributed by atoms with Crippen molar-refractivity contribution in [2.24, 2.45) is 0 Å². The Balaban J connectivity index is 2.26. The summed E-state index contributed by atoms with van der Waals surface area (Å²) in [5, 5.41) is 0. The van der Waals surface area contributed by atoms with Crippen molar-refractivity contribution >= 4 is 28.3 Å². The summed E-state index contributed by atoms with van der Waals surface area (Å²) in [6, 6.07) is 6.49. The summed E-state index contributed by atoms with van der Waals surface area (Å²) in [4.78, 5) is 40.3. The van der Waals surface area contributed by atoms with Crippen molar-refractivity contribution in [3.8, 4) is 0 Å². The van der Waals surface area contributed by atoms with Crippen LogP contribution >= 0.6 is 0 Å². The lowest BCUT2D eigenvalue weighted by atomic mass is 10.0. The number of esters is 1. The van der Waals surface area contributed by atoms with E-state index in [4.69, 9.17) is 4.74 Å². The third-order valence-corrected chi connectivity index (χ3v) is 5.67. The molecular weight excluding hydrogens is 366 g/mol. The average molecular weight is 389 g/mol. The van der Waals surface area contributed by atoms with E-state index < -0.39 is 28.7 Å². The van der Waals surface area contributed by atoms with Crippen LogP contribution in [0.4, 0.5) is 0 Å². The smallest absolute Gasteiger partial charge is 0.340 e. The number of hydrogen-bond donors (Lipinski definition) is 1. The van der Waals surface area contributed by atoms with Crippen LogP contribution in [-0.4, -0.2) is 38.6 Å². The Bertz CT molecular complexity index is 928. The minimum Gasteiger partial charge on any atom is -0.451 e. The van der Waals surface area contributed by atoms with Crippen LogP contribution in [0, 0.1) is 13.8 Å². The number of nitrogens with one attached hydrogen (secondary N) is 1. The summed E-state index contributed by atoms with van der Waals surface area (Å²) in [6.07, 6.45) is -1.06. The predicted molar refractivity (Wildman–Crippen MR) is 103 cm³/mol. The van der Waals surface area contributed by atoms with E-state index in [1.54, 1.807) is 39.0 Å². The van der Waals surface area contributed by atoms with E-state index in [1.807, 2.05) is 0 Å². The Morgan fingerprint density at radius 3 is 2.37 bits per heavy atom. The van der Waals surface area contributed by atoms with Gasteiger partial charge in [-0.3, -0.25) is 13.8 Å². The maximum atomic E-state index is 12.7. The summed E-state index contributed by atoms with van der Waals surface area (Å²) >= 11 is 0. The fourth-order valence-electron chi connectivity index (χ4n) is 2.99. The van der Waals surface area contributed by atoms with E-state index in [0.717, 1.165) is 0 Å². The maximum absolute atomic E-state index is 12.7. The van der Waals surface area contributed by atoms with Gasteiger partial charge in [-0.25, -0.2) is 4.79 Å². The minimum atomic E-state index is -1.32. The molecule has 0 amide bonds. The molecule has 1 heterocycles. The SMILES string of the molecule is CC[S@@](=O)c1ccccc1C(=O)O[C@@H](C)C(=O)c1[nH]c(C)c(C(C)=O)c1C. The molecule has 2 aromatic rings. The number of ketones is 2. The first-order valence-corrected chi connectivity index (χ1v) is 9.93. The Morgan fingerprint density at radius 1 is 1.19 bits per heavy atom. The lowest BCUT2D eigenvalue weighted by Gasteiger charge is -2.14. The normalized spacial score (nSPS) is 13.1. The first-order valence-electron chi connectivity index (χ1n) is 8.61. The Morgan fingerprint density at radius 2 is 1.81 bits per heavy atom. The van der Waals surface area contributed by atoms with Gasteiger partial charge in [0.25, 0.3) is 0 Å². The van der Waals surface area contributed by atoms with Gasteiger partial charge >= 0.3 is 5.97 Å². The fraction of sp³-hybridized carbons (Fsp3) is 0.350. The quantitative estimate of drug-likeness (QED) is 0.579. The van der Waals surface area contributed by atoms with Gasteiger partial charge in [0.15, 0.2) is 11.9 Å². The van der Waals surface area contributed by atoms with Crippen LogP contribution in [0.2, 0.25) is 0 Å². The first-order chi connectivity index (χ1) is 12.7. The highest BCUT2D eigenvalue weighted by atomic mass is 32.2. The highest BCUT2D eigenvalue weighted by Gasteiger charge is 2.27. The molecule has 0 aliphatic carbocycles. The molecule has 0 bridgehead atoms. The molecule has 0 radical (unpaired) electrons. The van der Waals surface area contributed by atoms with Gasteiger partial charge in [0, 0.05) is 17.0 Å². The summed E-state index contributed by atoms with van der Waals surface area (Å²) < 4.78 is 17.5. The molecule has 2 rings (SSSR count). The molecule has 6 nitrogen and oxygen atoms in total. The van der Waals surface area contributed by atoms with Crippen molar-refractivity contribution in [3.63, 3.8) is 0 Å². The molecular formula is C20H23NO5S. The van der Waals surface area contributed by atoms with Crippen LogP contribution in [0.15, 0.2) is 29.2 Å². The monoisotopic (exact) mass is 389 g/mol. The fourth-order valence-corrected chi connectivity index (χ4v) is 3.93. The van der Waals surface area contributed by atoms with Gasteiger partial charge in [0.2, 0.25) is 5.78 Å². The number of H-pyrrole nitrogens is 1. The molecule has 1 aromatic carbocycles. The van der Waals surface area contributed by atoms with Crippen molar-refractivity contribution in [2.75, 3.05) is 5.75 Å². The molecule has 2 atom stereocenters. The van der Waals surface area contributed by atoms with Crippen molar-refractivity contribution < 1.29 is 23.3 Å². The Kier molecular flexibility index (Phi) is 6.49. The highest BCUT2D eigenvalue weighted by molar-refractivity contribution is 7.85. The van der Waals surface area contributed by atoms with E-state index in [1.165, 1.54) is 19.9 Å². The first kappa shape index (κ1) is 20.8. The number of carbonyl (C=O) groups is 3. The van der Waals surface area contributed by atoms with E-state index in [9.17, 15) is 18.6 Å². The van der Waals surface area contributed by atoms with Crippen LogP contribution in [0.3, 0.4) is 0 Å². The van der Waals surface area contributed by atoms with Crippen molar-refractivity contribution in [3.05, 3.63) is 52.3 Å². The largest absolute Gasteiger partial charge is 0.451 e. The van der Waals surface area contributed by atoms with Crippen LogP contribution in [0.25, 0.3) is 0 Å². The standard InChI is InChI=1S/C20H23NO5S/c1-6-27(25)16-10-8-7-9-15(16)20(24)26-14(5)19(23)18-11(2)17(13(4)22)12(3)21-18/h7-10,14,21H,6H2,1-5H3/t14-,27+/m0/s1. The zero-order valence-corrected chi connectivity index (χ0v) is 16.9. The van der Waals surface area contributed by atoms with Crippen LogP contribution < -0.4 is 0 Å². The molecule has 0 fully saturated rings. The molecule has 0 saturated carbocycles. The maximum Gasteiger partial charge on any atom is 0.340 e. The number of Topliss-reactive ketones (excluding diaryl/α,β-unsaturated/α-hetero) is 2. The third-order valence-electron chi connectivity index (χ3n) is 4.30. The van der Waals surface area contributed by atoms with Crippen molar-refractivity contribution in [1.29, 1.82) is 0 Å². The second-order valence-electron chi connectivity index (χ2n) is 6.22. The number of benzene rings is 1. The summed E-state index contributed by atoms with van der Waals surface area (Å²) in [5.74, 6) is -0.902. The lowest BCUT2D eigenvalue weighted by molar-refractivity contribution is 0.0313. The number of aromatic amines is 1. The highest BCUT2D eigenvalue weighted by Crippen LogP contribution is 2.21. The van der Waals surface area contributed by atoms with Gasteiger partial charge in [0.1, 0.15) is 0 Å². The number of aromatic nitrogens is 1. The van der Waals surface area contributed by atoms with Gasteiger partial charge < -0.3 is 9.72 Å². The molecule has 1 N–H and O–H groups in total. The summed E-state index contributed by atoms with van der Waals surface area (Å²) in [7, 11) is -1.32. The molecule has 0 saturated heterocycles. The number of carbonyl (C=O) groups excluding carboxylic acids is 3. The molecule has 1 aromatic heterocycles. The molecule has 0 unspecified atom stereocenters. The second-order valence-corrected chi connectivity index (χ2v) is 7.93. The third kappa shape index (κ3) is 4.24. The molecule has 144 valence electrons. The van der Waals surface area contributed by atoms with Gasteiger partial charge in [-0.1, -0.05) is 19.1 Å². The van der Waals surface area contributed by atoms with E-state index in [-0.39, 0.29) is 17.0 Å². The predicted octanol–water partition coefficient (Wildman–Crippen LogP) is 3.39. The van der Waals surface area contributed by atoms with Crippen LogP contribution in [-0.2, 0) is 15.5 Å². The Hall–Kier alpha value is -2.54. The lowest BCUT2D eigenvalue weighted by Crippen LogP contribution is -2.26. The summed E-state index contributed by atoms with van der Waals surface area (Å²) in [5.41, 5.74) is 2.05. The zero-order chi connectivity index (χ0) is 20.3. The van der Waals surface area contributed by atoms with E-state index >= 15 is 0 Å². The average Bonchev–Trinajstić information content (AvgIpc) is 2.94. The van der Waals surface area contributed by atoms with Crippen molar-refractivity contribution in [1.82, 2.24) is 4.98 Å². The number of ether oxygens (including phenoxy) is 1. The molecule has 7 heteroatoms. The summed E-state index contributed by atoms with van der Waals surface area (Å²) in [6.45, 7) is 8.07. The molecule has 0 aliphatic rings. The molecule has 0 aliphatic heterocycles. The van der Waals surface area contributed by atoms with E-state index in [2.05, 4.69) is 4.98 Å². The van der Waals surface area contributed by atoms with Crippen molar-refractivity contribution in [2.45, 2.75) is 45.6 Å². The minimum absolute atomic E-state index is 0.138. The van der Waals surface area contributed by atoms with Gasteiger partial charge in [-0.2, -0.15) is 0 Å². The number of hydrogen-bond acceptors (Lipinski definition) is 5. The Labute approximate surface area is 160 Å². The van der Waals surface area contributed by atoms with E-state index in [0.29, 0.717) is 27.5 Å². The number of aryl methyl sites for hydroxylation is 1. The van der Waals surface area contributed by atoms with Crippen LogP contribution in [0.5, 0.6) is 0 Å². The van der Waals surface area contributed by atoms with Crippen LogP contribution in [0.1, 0.15) is 63.2 Å². The molecule has 27 heavy (non-hydrogen) atoms. The number of rotatable bonds is 7. The topological polar surface area (TPSA) is 93.3 Å². The molecule has 0 spiro atoms. The van der Waals surface area contributed by atoms with Gasteiger partial charge in [0.05, 0.1) is 27.0 Å².